The van der Waals surface area contributed by atoms with Crippen LogP contribution in [0.5, 0.6) is 0 Å². The Labute approximate surface area is 173 Å². The third-order valence-electron chi connectivity index (χ3n) is 4.88. The summed E-state index contributed by atoms with van der Waals surface area (Å²) >= 11 is 9.25. The minimum absolute atomic E-state index is 0.00893. The molecule has 3 aromatic rings. The Kier molecular flexibility index (Phi) is 5.02. The van der Waals surface area contributed by atoms with E-state index in [2.05, 4.69) is 86.2 Å². The lowest BCUT2D eigenvalue weighted by Crippen LogP contribution is -2.29. The quantitative estimate of drug-likeness (QED) is 0.550. The normalized spacial score (nSPS) is 19.6. The van der Waals surface area contributed by atoms with E-state index in [0.717, 1.165) is 21.0 Å². The summed E-state index contributed by atoms with van der Waals surface area (Å²) in [6.07, 6.45) is 6.18. The van der Waals surface area contributed by atoms with Crippen molar-refractivity contribution in [3.05, 3.63) is 82.9 Å². The molecule has 138 valence electrons. The number of hydrogen-bond acceptors (Lipinski definition) is 2. The average Bonchev–Trinajstić information content (AvgIpc) is 3.28. The van der Waals surface area contributed by atoms with E-state index in [9.17, 15) is 0 Å². The minimum Gasteiger partial charge on any atom is -0.351 e. The van der Waals surface area contributed by atoms with Gasteiger partial charge in [0.15, 0.2) is 5.11 Å². The highest BCUT2D eigenvalue weighted by Gasteiger charge is 2.41. The Balaban J connectivity index is 1.81. The van der Waals surface area contributed by atoms with E-state index in [4.69, 9.17) is 12.2 Å². The van der Waals surface area contributed by atoms with Crippen LogP contribution in [0, 0.1) is 0 Å². The van der Waals surface area contributed by atoms with E-state index >= 15 is 0 Å². The summed E-state index contributed by atoms with van der Waals surface area (Å²) in [6.45, 7) is 4.37. The summed E-state index contributed by atoms with van der Waals surface area (Å²) in [7, 11) is 0. The van der Waals surface area contributed by atoms with Gasteiger partial charge in [-0.3, -0.25) is 4.98 Å². The summed E-state index contributed by atoms with van der Waals surface area (Å²) in [6, 6.07) is 16.9. The van der Waals surface area contributed by atoms with Gasteiger partial charge >= 0.3 is 0 Å². The van der Waals surface area contributed by atoms with Gasteiger partial charge in [0, 0.05) is 34.8 Å². The number of aromatic nitrogens is 2. The van der Waals surface area contributed by atoms with Crippen molar-refractivity contribution in [2.75, 3.05) is 4.90 Å². The first-order valence-corrected chi connectivity index (χ1v) is 10.2. The summed E-state index contributed by atoms with van der Waals surface area (Å²) in [5, 5.41) is 4.21. The van der Waals surface area contributed by atoms with Gasteiger partial charge in [-0.05, 0) is 74.1 Å². The number of anilines is 1. The average molecular weight is 441 g/mol. The van der Waals surface area contributed by atoms with Crippen LogP contribution in [0.1, 0.15) is 43.2 Å². The topological polar surface area (TPSA) is 33.1 Å². The standard InChI is InChI=1S/C21H21BrN4S/c1-14(2)25-12-10-15(13-25)20-19(18-5-3-4-11-23-18)24-21(27)26(20)17-8-6-16(22)7-9-17/h3-14,19-20H,1-2H3,(H,24,27)/t19-,20+/m0/s1. The van der Waals surface area contributed by atoms with Crippen molar-refractivity contribution in [2.45, 2.75) is 32.0 Å². The SMILES string of the molecule is CC(C)n1ccc([C@@H]2[C@H](c3ccccn3)NC(=S)N2c2ccc(Br)cc2)c1. The summed E-state index contributed by atoms with van der Waals surface area (Å²) in [5.41, 5.74) is 3.27. The van der Waals surface area contributed by atoms with Crippen molar-refractivity contribution in [3.8, 4) is 0 Å². The van der Waals surface area contributed by atoms with Crippen molar-refractivity contribution in [1.29, 1.82) is 0 Å². The largest absolute Gasteiger partial charge is 0.351 e. The van der Waals surface area contributed by atoms with E-state index in [0.29, 0.717) is 6.04 Å². The molecule has 0 aliphatic carbocycles. The third-order valence-corrected chi connectivity index (χ3v) is 5.72. The Hall–Kier alpha value is -2.18. The molecule has 0 radical (unpaired) electrons. The zero-order valence-electron chi connectivity index (χ0n) is 15.2. The van der Waals surface area contributed by atoms with E-state index in [1.165, 1.54) is 5.56 Å². The Morgan fingerprint density at radius 1 is 1.11 bits per heavy atom. The van der Waals surface area contributed by atoms with Gasteiger partial charge in [0.25, 0.3) is 0 Å². The number of pyridine rings is 1. The number of halogens is 1. The highest BCUT2D eigenvalue weighted by molar-refractivity contribution is 9.10. The zero-order chi connectivity index (χ0) is 19.0. The number of nitrogens with zero attached hydrogens (tertiary/aromatic N) is 3. The van der Waals surface area contributed by atoms with Crippen LogP contribution in [0.3, 0.4) is 0 Å². The van der Waals surface area contributed by atoms with Crippen LogP contribution in [-0.4, -0.2) is 14.7 Å². The number of benzene rings is 1. The van der Waals surface area contributed by atoms with Gasteiger partial charge in [-0.1, -0.05) is 22.0 Å². The van der Waals surface area contributed by atoms with E-state index in [1.807, 2.05) is 30.5 Å². The lowest BCUT2D eigenvalue weighted by atomic mass is 9.98. The molecule has 3 heterocycles. The van der Waals surface area contributed by atoms with Gasteiger partial charge in [-0.15, -0.1) is 0 Å². The van der Waals surface area contributed by atoms with Crippen LogP contribution in [0.25, 0.3) is 0 Å². The van der Waals surface area contributed by atoms with E-state index < -0.39 is 0 Å². The van der Waals surface area contributed by atoms with Gasteiger partial charge in [-0.2, -0.15) is 0 Å². The molecule has 0 bridgehead atoms. The smallest absolute Gasteiger partial charge is 0.174 e. The molecule has 6 heteroatoms. The molecule has 1 fully saturated rings. The Morgan fingerprint density at radius 2 is 1.89 bits per heavy atom. The Morgan fingerprint density at radius 3 is 2.52 bits per heavy atom. The highest BCUT2D eigenvalue weighted by Crippen LogP contribution is 2.41. The fourth-order valence-electron chi connectivity index (χ4n) is 3.50. The molecule has 1 aliphatic rings. The molecule has 0 spiro atoms. The highest BCUT2D eigenvalue weighted by atomic mass is 79.9. The molecule has 2 atom stereocenters. The molecule has 1 saturated heterocycles. The van der Waals surface area contributed by atoms with Crippen molar-refractivity contribution in [2.24, 2.45) is 0 Å². The molecule has 1 aromatic carbocycles. The molecular formula is C21H21BrN4S. The monoisotopic (exact) mass is 440 g/mol. The molecule has 0 saturated carbocycles. The van der Waals surface area contributed by atoms with Gasteiger partial charge in [0.2, 0.25) is 0 Å². The van der Waals surface area contributed by atoms with E-state index in [1.54, 1.807) is 0 Å². The molecule has 4 nitrogen and oxygen atoms in total. The predicted octanol–water partition coefficient (Wildman–Crippen LogP) is 5.40. The van der Waals surface area contributed by atoms with Gasteiger partial charge in [-0.25, -0.2) is 0 Å². The summed E-state index contributed by atoms with van der Waals surface area (Å²) in [4.78, 5) is 6.79. The maximum atomic E-state index is 5.74. The predicted molar refractivity (Wildman–Crippen MR) is 117 cm³/mol. The van der Waals surface area contributed by atoms with Crippen LogP contribution in [-0.2, 0) is 0 Å². The van der Waals surface area contributed by atoms with Gasteiger partial charge in [0.1, 0.15) is 0 Å². The van der Waals surface area contributed by atoms with Crippen LogP contribution < -0.4 is 10.2 Å². The molecular weight excluding hydrogens is 420 g/mol. The molecule has 0 unspecified atom stereocenters. The first-order valence-electron chi connectivity index (χ1n) is 8.98. The molecule has 1 N–H and O–H groups in total. The molecule has 1 aliphatic heterocycles. The van der Waals surface area contributed by atoms with Crippen molar-refractivity contribution in [1.82, 2.24) is 14.9 Å². The van der Waals surface area contributed by atoms with Crippen LogP contribution >= 0.6 is 28.1 Å². The van der Waals surface area contributed by atoms with Crippen LogP contribution in [0.15, 0.2) is 71.6 Å². The van der Waals surface area contributed by atoms with Crippen molar-refractivity contribution in [3.63, 3.8) is 0 Å². The van der Waals surface area contributed by atoms with Crippen molar-refractivity contribution >= 4 is 38.9 Å². The number of thiocarbonyl (C=S) groups is 1. The molecule has 0 amide bonds. The summed E-state index contributed by atoms with van der Waals surface area (Å²) in [5.74, 6) is 0. The van der Waals surface area contributed by atoms with Crippen molar-refractivity contribution < 1.29 is 0 Å². The minimum atomic E-state index is -0.00893. The zero-order valence-corrected chi connectivity index (χ0v) is 17.6. The lowest BCUT2D eigenvalue weighted by molar-refractivity contribution is 0.560. The first kappa shape index (κ1) is 18.2. The number of hydrogen-bond donors (Lipinski definition) is 1. The fraction of sp³-hybridized carbons (Fsp3) is 0.238. The Bertz CT molecular complexity index is 936. The van der Waals surface area contributed by atoms with Crippen LogP contribution in [0.4, 0.5) is 5.69 Å². The summed E-state index contributed by atoms with van der Waals surface area (Å²) < 4.78 is 3.28. The maximum absolute atomic E-state index is 5.74. The third kappa shape index (κ3) is 3.51. The number of rotatable bonds is 4. The van der Waals surface area contributed by atoms with Gasteiger partial charge in [0.05, 0.1) is 17.8 Å². The molecule has 2 aromatic heterocycles. The first-order chi connectivity index (χ1) is 13.0. The maximum Gasteiger partial charge on any atom is 0.174 e. The second-order valence-electron chi connectivity index (χ2n) is 6.96. The second-order valence-corrected chi connectivity index (χ2v) is 8.26. The number of nitrogens with one attached hydrogen (secondary N) is 1. The molecule has 27 heavy (non-hydrogen) atoms. The molecule has 4 rings (SSSR count). The van der Waals surface area contributed by atoms with Gasteiger partial charge < -0.3 is 14.8 Å². The lowest BCUT2D eigenvalue weighted by Gasteiger charge is -2.27. The fourth-order valence-corrected chi connectivity index (χ4v) is 4.11. The van der Waals surface area contributed by atoms with Crippen LogP contribution in [0.2, 0.25) is 0 Å². The van der Waals surface area contributed by atoms with E-state index in [-0.39, 0.29) is 12.1 Å². The second kappa shape index (κ2) is 7.44.